The summed E-state index contributed by atoms with van der Waals surface area (Å²) in [6.07, 6.45) is 0.851. The van der Waals surface area contributed by atoms with Crippen molar-refractivity contribution >= 4 is 23.1 Å². The number of methoxy groups -OCH3 is 1. The Morgan fingerprint density at radius 1 is 1.44 bits per heavy atom. The lowest BCUT2D eigenvalue weighted by Crippen LogP contribution is -2.38. The Hall–Kier alpha value is -1.62. The lowest BCUT2D eigenvalue weighted by molar-refractivity contribution is 0.0776. The van der Waals surface area contributed by atoms with Crippen LogP contribution in [-0.4, -0.2) is 36.0 Å². The van der Waals surface area contributed by atoms with Crippen LogP contribution in [0.1, 0.15) is 23.7 Å². The molecule has 1 amide bonds. The molecule has 0 fully saturated rings. The summed E-state index contributed by atoms with van der Waals surface area (Å²) in [7, 11) is 1.55. The van der Waals surface area contributed by atoms with Gasteiger partial charge in [0.2, 0.25) is 0 Å². The number of hydrogen-bond acceptors (Lipinski definition) is 3. The number of benzene rings is 1. The van der Waals surface area contributed by atoms with Gasteiger partial charge in [0, 0.05) is 6.54 Å². The molecule has 18 heavy (non-hydrogen) atoms. The van der Waals surface area contributed by atoms with Crippen LogP contribution in [-0.2, 0) is 0 Å². The van der Waals surface area contributed by atoms with E-state index in [1.165, 1.54) is 0 Å². The molecule has 1 rings (SSSR count). The highest BCUT2D eigenvalue weighted by Gasteiger charge is 2.18. The molecular weight excluding hydrogens is 248 g/mol. The minimum Gasteiger partial charge on any atom is -0.496 e. The lowest BCUT2D eigenvalue weighted by Gasteiger charge is -2.22. The van der Waals surface area contributed by atoms with E-state index in [1.54, 1.807) is 30.2 Å². The topological polar surface area (TPSA) is 55.6 Å². The monoisotopic (exact) mass is 266 g/mol. The molecule has 0 saturated heterocycles. The molecule has 4 nitrogen and oxygen atoms in total. The zero-order chi connectivity index (χ0) is 13.5. The van der Waals surface area contributed by atoms with Crippen molar-refractivity contribution in [1.29, 1.82) is 0 Å². The van der Waals surface area contributed by atoms with Crippen LogP contribution in [0.2, 0.25) is 0 Å². The summed E-state index contributed by atoms with van der Waals surface area (Å²) >= 11 is 4.87. The summed E-state index contributed by atoms with van der Waals surface area (Å²) in [5, 5.41) is 0. The van der Waals surface area contributed by atoms with Crippen LogP contribution < -0.4 is 10.5 Å². The molecule has 0 radical (unpaired) electrons. The van der Waals surface area contributed by atoms with Crippen molar-refractivity contribution in [3.63, 3.8) is 0 Å². The molecular formula is C13H18N2O2S. The Kier molecular flexibility index (Phi) is 5.58. The van der Waals surface area contributed by atoms with Gasteiger partial charge in [0.15, 0.2) is 0 Å². The first-order valence-electron chi connectivity index (χ1n) is 5.80. The average molecular weight is 266 g/mol. The van der Waals surface area contributed by atoms with E-state index in [2.05, 4.69) is 0 Å². The number of thiocarbonyl (C=S) groups is 1. The van der Waals surface area contributed by atoms with Gasteiger partial charge in [-0.25, -0.2) is 0 Å². The number of rotatable bonds is 6. The van der Waals surface area contributed by atoms with Crippen LogP contribution in [0.3, 0.4) is 0 Å². The van der Waals surface area contributed by atoms with Crippen LogP contribution in [0.25, 0.3) is 0 Å². The number of nitrogens with two attached hydrogens (primary N) is 1. The molecule has 0 unspecified atom stereocenters. The van der Waals surface area contributed by atoms with Crippen LogP contribution in [0, 0.1) is 0 Å². The highest BCUT2D eigenvalue weighted by atomic mass is 32.1. The van der Waals surface area contributed by atoms with E-state index < -0.39 is 0 Å². The number of nitrogens with zero attached hydrogens (tertiary/aromatic N) is 1. The Balaban J connectivity index is 2.97. The number of hydrogen-bond donors (Lipinski definition) is 1. The van der Waals surface area contributed by atoms with E-state index in [0.29, 0.717) is 29.4 Å². The summed E-state index contributed by atoms with van der Waals surface area (Å²) < 4.78 is 5.19. The highest BCUT2D eigenvalue weighted by molar-refractivity contribution is 7.80. The number of carbonyl (C=O) groups is 1. The average Bonchev–Trinajstić information content (AvgIpc) is 2.37. The first kappa shape index (κ1) is 14.4. The summed E-state index contributed by atoms with van der Waals surface area (Å²) in [6.45, 7) is 2.91. The molecule has 1 aromatic carbocycles. The van der Waals surface area contributed by atoms with Gasteiger partial charge in [0.1, 0.15) is 5.75 Å². The van der Waals surface area contributed by atoms with Crippen LogP contribution in [0.4, 0.5) is 0 Å². The smallest absolute Gasteiger partial charge is 0.257 e. The van der Waals surface area contributed by atoms with Gasteiger partial charge in [-0.3, -0.25) is 4.79 Å². The molecule has 0 atom stereocenters. The number of ether oxygens (including phenoxy) is 1. The summed E-state index contributed by atoms with van der Waals surface area (Å²) in [5.41, 5.74) is 6.05. The SMILES string of the molecule is CCCN(CC(N)=S)C(=O)c1ccccc1OC. The number of para-hydroxylation sites is 1. The molecule has 1 aromatic rings. The van der Waals surface area contributed by atoms with Gasteiger partial charge in [-0.2, -0.15) is 0 Å². The second-order valence-electron chi connectivity index (χ2n) is 3.89. The molecule has 0 aliphatic heterocycles. The maximum atomic E-state index is 12.4. The van der Waals surface area contributed by atoms with Crippen LogP contribution >= 0.6 is 12.2 Å². The van der Waals surface area contributed by atoms with Crippen molar-refractivity contribution in [2.45, 2.75) is 13.3 Å². The van der Waals surface area contributed by atoms with Crippen LogP contribution in [0.5, 0.6) is 5.75 Å². The molecule has 0 aliphatic rings. The standard InChI is InChI=1S/C13H18N2O2S/c1-3-8-15(9-12(14)18)13(16)10-6-4-5-7-11(10)17-2/h4-7H,3,8-9H2,1-2H3,(H2,14,18). The minimum atomic E-state index is -0.109. The molecule has 0 aliphatic carbocycles. The zero-order valence-corrected chi connectivity index (χ0v) is 11.5. The fraction of sp³-hybridized carbons (Fsp3) is 0.385. The van der Waals surface area contributed by atoms with E-state index >= 15 is 0 Å². The Morgan fingerprint density at radius 2 is 2.11 bits per heavy atom. The highest BCUT2D eigenvalue weighted by Crippen LogP contribution is 2.19. The van der Waals surface area contributed by atoms with Gasteiger partial charge in [-0.05, 0) is 18.6 Å². The van der Waals surface area contributed by atoms with E-state index in [9.17, 15) is 4.79 Å². The van der Waals surface area contributed by atoms with Gasteiger partial charge in [-0.1, -0.05) is 31.3 Å². The molecule has 0 spiro atoms. The first-order valence-corrected chi connectivity index (χ1v) is 6.21. The predicted molar refractivity (Wildman–Crippen MR) is 76.0 cm³/mol. The molecule has 0 saturated carbocycles. The van der Waals surface area contributed by atoms with E-state index in [1.807, 2.05) is 13.0 Å². The molecule has 98 valence electrons. The maximum absolute atomic E-state index is 12.4. The van der Waals surface area contributed by atoms with Crippen LogP contribution in [0.15, 0.2) is 24.3 Å². The maximum Gasteiger partial charge on any atom is 0.257 e. The predicted octanol–water partition coefficient (Wildman–Crippen LogP) is 1.83. The molecule has 0 bridgehead atoms. The van der Waals surface area contributed by atoms with Crippen molar-refractivity contribution in [1.82, 2.24) is 4.90 Å². The third-order valence-corrected chi connectivity index (χ3v) is 2.59. The quantitative estimate of drug-likeness (QED) is 0.798. The fourth-order valence-electron chi connectivity index (χ4n) is 1.70. The summed E-state index contributed by atoms with van der Waals surface area (Å²) in [4.78, 5) is 14.3. The van der Waals surface area contributed by atoms with E-state index in [-0.39, 0.29) is 5.91 Å². The van der Waals surface area contributed by atoms with Crippen molar-refractivity contribution in [3.05, 3.63) is 29.8 Å². The largest absolute Gasteiger partial charge is 0.496 e. The Morgan fingerprint density at radius 3 is 2.67 bits per heavy atom. The zero-order valence-electron chi connectivity index (χ0n) is 10.7. The molecule has 0 heterocycles. The third kappa shape index (κ3) is 3.70. The second-order valence-corrected chi connectivity index (χ2v) is 4.42. The van der Waals surface area contributed by atoms with Gasteiger partial charge in [0.05, 0.1) is 24.2 Å². The van der Waals surface area contributed by atoms with Gasteiger partial charge >= 0.3 is 0 Å². The number of carbonyl (C=O) groups excluding carboxylic acids is 1. The van der Waals surface area contributed by atoms with Gasteiger partial charge < -0.3 is 15.4 Å². The Bertz CT molecular complexity index is 435. The lowest BCUT2D eigenvalue weighted by atomic mass is 10.1. The van der Waals surface area contributed by atoms with E-state index in [0.717, 1.165) is 6.42 Å². The van der Waals surface area contributed by atoms with Crippen molar-refractivity contribution in [2.75, 3.05) is 20.2 Å². The minimum absolute atomic E-state index is 0.109. The van der Waals surface area contributed by atoms with Gasteiger partial charge in [0.25, 0.3) is 5.91 Å². The summed E-state index contributed by atoms with van der Waals surface area (Å²) in [6, 6.07) is 7.13. The second kappa shape index (κ2) is 6.96. The Labute approximate surface area is 113 Å². The van der Waals surface area contributed by atoms with Crippen molar-refractivity contribution in [3.8, 4) is 5.75 Å². The summed E-state index contributed by atoms with van der Waals surface area (Å²) in [5.74, 6) is 0.452. The molecule has 5 heteroatoms. The van der Waals surface area contributed by atoms with Crippen molar-refractivity contribution in [2.24, 2.45) is 5.73 Å². The molecule has 2 N–H and O–H groups in total. The first-order chi connectivity index (χ1) is 8.60. The van der Waals surface area contributed by atoms with Gasteiger partial charge in [-0.15, -0.1) is 0 Å². The van der Waals surface area contributed by atoms with Crippen molar-refractivity contribution < 1.29 is 9.53 Å². The fourth-order valence-corrected chi connectivity index (χ4v) is 1.86. The van der Waals surface area contributed by atoms with E-state index in [4.69, 9.17) is 22.7 Å². The molecule has 0 aromatic heterocycles. The third-order valence-electron chi connectivity index (χ3n) is 2.46. The normalized spacial score (nSPS) is 9.89. The number of amides is 1.